The molecule has 3 aromatic rings. The summed E-state index contributed by atoms with van der Waals surface area (Å²) >= 11 is 0. The van der Waals surface area contributed by atoms with Crippen molar-refractivity contribution in [1.29, 1.82) is 0 Å². The predicted octanol–water partition coefficient (Wildman–Crippen LogP) is 4.24. The van der Waals surface area contributed by atoms with Gasteiger partial charge in [0.25, 0.3) is 0 Å². The largest absolute Gasteiger partial charge is 0.459 e. The Morgan fingerprint density at radius 3 is 2.65 bits per heavy atom. The summed E-state index contributed by atoms with van der Waals surface area (Å²) in [4.78, 5) is 4.16. The molecule has 20 heavy (non-hydrogen) atoms. The van der Waals surface area contributed by atoms with Crippen LogP contribution in [0.2, 0.25) is 0 Å². The molecular weight excluding hydrogens is 248 g/mol. The van der Waals surface area contributed by atoms with Gasteiger partial charge >= 0.3 is 0 Å². The number of nitrogens with zero attached hydrogens (tertiary/aromatic N) is 1. The van der Waals surface area contributed by atoms with Crippen molar-refractivity contribution in [2.45, 2.75) is 25.9 Å². The number of benzene rings is 1. The van der Waals surface area contributed by atoms with Crippen molar-refractivity contribution >= 4 is 11.0 Å². The maximum absolute atomic E-state index is 5.89. The lowest BCUT2D eigenvalue weighted by atomic mass is 10.1. The van der Waals surface area contributed by atoms with Crippen molar-refractivity contribution in [2.75, 3.05) is 0 Å². The van der Waals surface area contributed by atoms with Crippen molar-refractivity contribution in [3.63, 3.8) is 0 Å². The monoisotopic (exact) mass is 266 g/mol. The number of hydrogen-bond donors (Lipinski definition) is 1. The van der Waals surface area contributed by atoms with Crippen LogP contribution in [0, 0.1) is 0 Å². The summed E-state index contributed by atoms with van der Waals surface area (Å²) in [7, 11) is 0. The molecule has 3 rings (SSSR count). The molecule has 0 spiro atoms. The minimum atomic E-state index is 0.151. The average molecular weight is 266 g/mol. The van der Waals surface area contributed by atoms with Gasteiger partial charge in [0.1, 0.15) is 11.3 Å². The number of hydrogen-bond acceptors (Lipinski definition) is 3. The lowest BCUT2D eigenvalue weighted by Gasteiger charge is -2.18. The fraction of sp³-hybridized carbons (Fsp3) is 0.235. The van der Waals surface area contributed by atoms with Crippen molar-refractivity contribution in [3.05, 3.63) is 66.2 Å². The molecule has 0 radical (unpaired) electrons. The van der Waals surface area contributed by atoms with Gasteiger partial charge in [0.15, 0.2) is 0 Å². The Bertz CT molecular complexity index is 657. The van der Waals surface area contributed by atoms with Crippen LogP contribution in [-0.2, 0) is 0 Å². The molecule has 3 nitrogen and oxygen atoms in total. The number of rotatable bonds is 4. The summed E-state index contributed by atoms with van der Waals surface area (Å²) in [6, 6.07) is 14.6. The van der Waals surface area contributed by atoms with E-state index in [1.807, 2.05) is 30.5 Å². The van der Waals surface area contributed by atoms with Gasteiger partial charge in [0, 0.05) is 23.8 Å². The van der Waals surface area contributed by atoms with E-state index in [0.717, 1.165) is 16.7 Å². The van der Waals surface area contributed by atoms with Crippen LogP contribution in [0.1, 0.15) is 37.3 Å². The van der Waals surface area contributed by atoms with Crippen LogP contribution in [0.25, 0.3) is 11.0 Å². The number of furan rings is 1. The van der Waals surface area contributed by atoms with E-state index in [1.54, 1.807) is 6.20 Å². The molecule has 2 unspecified atom stereocenters. The molecule has 0 aliphatic carbocycles. The van der Waals surface area contributed by atoms with Crippen molar-refractivity contribution in [3.8, 4) is 0 Å². The van der Waals surface area contributed by atoms with Gasteiger partial charge in [-0.25, -0.2) is 0 Å². The highest BCUT2D eigenvalue weighted by molar-refractivity contribution is 5.77. The highest BCUT2D eigenvalue weighted by Crippen LogP contribution is 2.25. The molecule has 1 aromatic carbocycles. The smallest absolute Gasteiger partial charge is 0.134 e. The summed E-state index contributed by atoms with van der Waals surface area (Å²) in [5, 5.41) is 4.68. The minimum Gasteiger partial charge on any atom is -0.459 e. The minimum absolute atomic E-state index is 0.151. The lowest BCUT2D eigenvalue weighted by Crippen LogP contribution is -2.22. The zero-order valence-electron chi connectivity index (χ0n) is 11.7. The molecule has 3 heteroatoms. The van der Waals surface area contributed by atoms with E-state index in [4.69, 9.17) is 4.42 Å². The Hall–Kier alpha value is -2.13. The zero-order chi connectivity index (χ0) is 13.9. The molecule has 102 valence electrons. The first-order chi connectivity index (χ1) is 9.74. The van der Waals surface area contributed by atoms with Crippen LogP contribution < -0.4 is 5.32 Å². The molecule has 2 heterocycles. The van der Waals surface area contributed by atoms with Gasteiger partial charge in [-0.1, -0.05) is 24.3 Å². The Kier molecular flexibility index (Phi) is 3.52. The van der Waals surface area contributed by atoms with Gasteiger partial charge in [0.2, 0.25) is 0 Å². The quantitative estimate of drug-likeness (QED) is 0.767. The van der Waals surface area contributed by atoms with Crippen molar-refractivity contribution in [2.24, 2.45) is 0 Å². The molecule has 1 N–H and O–H groups in total. The van der Waals surface area contributed by atoms with E-state index in [1.165, 1.54) is 5.56 Å². The molecule has 2 aromatic heterocycles. The van der Waals surface area contributed by atoms with E-state index in [2.05, 4.69) is 42.3 Å². The normalized spacial score (nSPS) is 14.3. The lowest BCUT2D eigenvalue weighted by molar-refractivity contribution is 0.417. The van der Waals surface area contributed by atoms with Crippen molar-refractivity contribution in [1.82, 2.24) is 10.3 Å². The summed E-state index contributed by atoms with van der Waals surface area (Å²) in [6.45, 7) is 4.25. The zero-order valence-corrected chi connectivity index (χ0v) is 11.7. The first-order valence-corrected chi connectivity index (χ1v) is 6.88. The van der Waals surface area contributed by atoms with Crippen LogP contribution in [0.5, 0.6) is 0 Å². The van der Waals surface area contributed by atoms with Gasteiger partial charge in [-0.15, -0.1) is 0 Å². The Morgan fingerprint density at radius 2 is 1.90 bits per heavy atom. The van der Waals surface area contributed by atoms with E-state index in [-0.39, 0.29) is 12.1 Å². The van der Waals surface area contributed by atoms with Gasteiger partial charge < -0.3 is 9.73 Å². The number of nitrogens with one attached hydrogen (secondary N) is 1. The topological polar surface area (TPSA) is 38.1 Å². The van der Waals surface area contributed by atoms with Gasteiger partial charge in [-0.2, -0.15) is 0 Å². The summed E-state index contributed by atoms with van der Waals surface area (Å²) in [5.74, 6) is 0.960. The maximum Gasteiger partial charge on any atom is 0.134 e. The van der Waals surface area contributed by atoms with Crippen molar-refractivity contribution < 1.29 is 4.42 Å². The third kappa shape index (κ3) is 2.58. The highest BCUT2D eigenvalue weighted by atomic mass is 16.3. The summed E-state index contributed by atoms with van der Waals surface area (Å²) in [6.07, 6.45) is 3.68. The number of para-hydroxylation sites is 1. The van der Waals surface area contributed by atoms with E-state index in [9.17, 15) is 0 Å². The van der Waals surface area contributed by atoms with Crippen LogP contribution in [0.4, 0.5) is 0 Å². The number of fused-ring (bicyclic) bond motifs is 1. The number of pyridine rings is 1. The van der Waals surface area contributed by atoms with Crippen LogP contribution in [0.3, 0.4) is 0 Å². The van der Waals surface area contributed by atoms with Crippen LogP contribution in [-0.4, -0.2) is 4.98 Å². The Balaban J connectivity index is 1.77. The number of aromatic nitrogens is 1. The molecule has 0 amide bonds. The van der Waals surface area contributed by atoms with Gasteiger partial charge in [-0.3, -0.25) is 4.98 Å². The second-order valence-electron chi connectivity index (χ2n) is 5.08. The first-order valence-electron chi connectivity index (χ1n) is 6.88. The molecular formula is C17H18N2O. The summed E-state index contributed by atoms with van der Waals surface area (Å²) < 4.78 is 5.89. The Labute approximate surface area is 118 Å². The Morgan fingerprint density at radius 1 is 1.05 bits per heavy atom. The molecule has 0 bridgehead atoms. The third-order valence-corrected chi connectivity index (χ3v) is 3.56. The van der Waals surface area contributed by atoms with E-state index >= 15 is 0 Å². The third-order valence-electron chi connectivity index (χ3n) is 3.56. The predicted molar refractivity (Wildman–Crippen MR) is 80.4 cm³/mol. The average Bonchev–Trinajstić information content (AvgIpc) is 2.92. The van der Waals surface area contributed by atoms with Gasteiger partial charge in [0.05, 0.1) is 6.04 Å². The van der Waals surface area contributed by atoms with E-state index in [0.29, 0.717) is 0 Å². The molecule has 0 saturated heterocycles. The molecule has 2 atom stereocenters. The van der Waals surface area contributed by atoms with E-state index < -0.39 is 0 Å². The molecule has 0 aliphatic heterocycles. The second-order valence-corrected chi connectivity index (χ2v) is 5.08. The first kappa shape index (κ1) is 12.9. The molecule has 0 saturated carbocycles. The second kappa shape index (κ2) is 5.47. The maximum atomic E-state index is 5.89. The fourth-order valence-corrected chi connectivity index (χ4v) is 2.40. The fourth-order valence-electron chi connectivity index (χ4n) is 2.40. The summed E-state index contributed by atoms with van der Waals surface area (Å²) in [5.41, 5.74) is 2.11. The van der Waals surface area contributed by atoms with Crippen LogP contribution >= 0.6 is 0 Å². The van der Waals surface area contributed by atoms with Crippen LogP contribution in [0.15, 0.2) is 59.3 Å². The standard InChI is InChI=1S/C17H18N2O/c1-12(15-7-5-9-18-11-15)19-13(2)17-10-14-6-3-4-8-16(14)20-17/h3-13,19H,1-2H3. The van der Waals surface area contributed by atoms with Gasteiger partial charge in [-0.05, 0) is 37.6 Å². The molecule has 0 aliphatic rings. The molecule has 0 fully saturated rings. The highest BCUT2D eigenvalue weighted by Gasteiger charge is 2.14. The SMILES string of the molecule is CC(NC(C)c1cc2ccccc2o1)c1cccnc1.